The van der Waals surface area contributed by atoms with Crippen molar-refractivity contribution in [3.8, 4) is 0 Å². The topological polar surface area (TPSA) is 12.5 Å². The Morgan fingerprint density at radius 3 is 2.86 bits per heavy atom. The molecule has 0 amide bonds. The van der Waals surface area contributed by atoms with Gasteiger partial charge in [-0.25, -0.2) is 0 Å². The van der Waals surface area contributed by atoms with E-state index in [4.69, 9.17) is 4.84 Å². The minimum absolute atomic E-state index is 0.455. The molecular formula is C12H21NO. The van der Waals surface area contributed by atoms with E-state index in [-0.39, 0.29) is 0 Å². The Morgan fingerprint density at radius 2 is 1.93 bits per heavy atom. The summed E-state index contributed by atoms with van der Waals surface area (Å²) in [5.41, 5.74) is 0.455. The monoisotopic (exact) mass is 195 g/mol. The molecule has 2 saturated carbocycles. The summed E-state index contributed by atoms with van der Waals surface area (Å²) in [5, 5.41) is 2.24. The van der Waals surface area contributed by atoms with Crippen molar-refractivity contribution in [1.82, 2.24) is 5.06 Å². The molecule has 80 valence electrons. The molecule has 0 bridgehead atoms. The van der Waals surface area contributed by atoms with E-state index in [9.17, 15) is 0 Å². The van der Waals surface area contributed by atoms with Crippen molar-refractivity contribution in [1.29, 1.82) is 0 Å². The Labute approximate surface area is 86.6 Å². The van der Waals surface area contributed by atoms with E-state index in [2.05, 4.69) is 12.1 Å². The van der Waals surface area contributed by atoms with Gasteiger partial charge in [-0.2, -0.15) is 5.06 Å². The highest BCUT2D eigenvalue weighted by atomic mass is 16.7. The molecule has 3 unspecified atom stereocenters. The highest BCUT2D eigenvalue weighted by molar-refractivity contribution is 5.06. The third kappa shape index (κ3) is 1.04. The smallest absolute Gasteiger partial charge is 0.0732 e. The molecule has 2 aliphatic carbocycles. The third-order valence-corrected chi connectivity index (χ3v) is 4.96. The number of rotatable bonds is 0. The molecule has 3 rings (SSSR count). The van der Waals surface area contributed by atoms with E-state index in [1.165, 1.54) is 44.9 Å². The Hall–Kier alpha value is -0.0800. The molecule has 0 radical (unpaired) electrons. The molecule has 0 aromatic rings. The molecule has 3 atom stereocenters. The highest BCUT2D eigenvalue weighted by Gasteiger charge is 2.56. The first-order chi connectivity index (χ1) is 6.84. The van der Waals surface area contributed by atoms with Crippen molar-refractivity contribution < 1.29 is 4.84 Å². The van der Waals surface area contributed by atoms with Gasteiger partial charge < -0.3 is 0 Å². The van der Waals surface area contributed by atoms with E-state index in [0.717, 1.165) is 18.4 Å². The Kier molecular flexibility index (Phi) is 2.10. The highest BCUT2D eigenvalue weighted by Crippen LogP contribution is 2.54. The summed E-state index contributed by atoms with van der Waals surface area (Å²) in [6.45, 7) is 0.993. The van der Waals surface area contributed by atoms with Crippen molar-refractivity contribution in [2.24, 2.45) is 11.8 Å². The largest absolute Gasteiger partial charge is 0.298 e. The van der Waals surface area contributed by atoms with E-state index in [0.29, 0.717) is 5.54 Å². The second kappa shape index (κ2) is 3.21. The van der Waals surface area contributed by atoms with Gasteiger partial charge in [-0.3, -0.25) is 4.84 Å². The maximum absolute atomic E-state index is 5.77. The SMILES string of the molecule is CN1OCC2CCC3CCCCCC321. The number of hydrogen-bond donors (Lipinski definition) is 0. The van der Waals surface area contributed by atoms with Gasteiger partial charge >= 0.3 is 0 Å². The lowest BCUT2D eigenvalue weighted by molar-refractivity contribution is -0.158. The summed E-state index contributed by atoms with van der Waals surface area (Å²) in [6, 6.07) is 0. The lowest BCUT2D eigenvalue weighted by Gasteiger charge is -2.38. The van der Waals surface area contributed by atoms with Gasteiger partial charge in [-0.05, 0) is 31.6 Å². The molecule has 2 heteroatoms. The van der Waals surface area contributed by atoms with E-state index in [1.807, 2.05) is 0 Å². The van der Waals surface area contributed by atoms with Crippen molar-refractivity contribution in [2.45, 2.75) is 50.5 Å². The molecule has 1 spiro atoms. The zero-order valence-corrected chi connectivity index (χ0v) is 9.17. The molecule has 0 aromatic carbocycles. The van der Waals surface area contributed by atoms with Gasteiger partial charge in [0.05, 0.1) is 12.1 Å². The zero-order chi connectivity index (χ0) is 9.60. The van der Waals surface area contributed by atoms with Crippen LogP contribution in [0.25, 0.3) is 0 Å². The van der Waals surface area contributed by atoms with Gasteiger partial charge in [0.2, 0.25) is 0 Å². The molecule has 3 fully saturated rings. The van der Waals surface area contributed by atoms with E-state index >= 15 is 0 Å². The number of hydrogen-bond acceptors (Lipinski definition) is 2. The summed E-state index contributed by atoms with van der Waals surface area (Å²) in [4.78, 5) is 5.77. The summed E-state index contributed by atoms with van der Waals surface area (Å²) in [5.74, 6) is 1.78. The third-order valence-electron chi connectivity index (χ3n) is 4.96. The van der Waals surface area contributed by atoms with Crippen LogP contribution < -0.4 is 0 Å². The van der Waals surface area contributed by atoms with Gasteiger partial charge in [-0.15, -0.1) is 0 Å². The standard InChI is InChI=1S/C12H21NO/c1-13-12-8-4-2-3-5-10(12)6-7-11(12)9-14-13/h10-11H,2-9H2,1H3. The quantitative estimate of drug-likeness (QED) is 0.589. The lowest BCUT2D eigenvalue weighted by Crippen LogP contribution is -2.47. The van der Waals surface area contributed by atoms with Crippen molar-refractivity contribution in [3.05, 3.63) is 0 Å². The van der Waals surface area contributed by atoms with Crippen LogP contribution in [-0.2, 0) is 4.84 Å². The van der Waals surface area contributed by atoms with Crippen molar-refractivity contribution >= 4 is 0 Å². The molecule has 1 heterocycles. The molecule has 14 heavy (non-hydrogen) atoms. The molecule has 0 aromatic heterocycles. The Morgan fingerprint density at radius 1 is 1.07 bits per heavy atom. The Balaban J connectivity index is 1.94. The molecular weight excluding hydrogens is 174 g/mol. The van der Waals surface area contributed by atoms with Gasteiger partial charge in [-0.1, -0.05) is 19.3 Å². The van der Waals surface area contributed by atoms with E-state index < -0.39 is 0 Å². The second-order valence-electron chi connectivity index (χ2n) is 5.35. The first-order valence-electron chi connectivity index (χ1n) is 6.21. The Bertz CT molecular complexity index is 230. The van der Waals surface area contributed by atoms with Crippen LogP contribution in [0.15, 0.2) is 0 Å². The normalized spacial score (nSPS) is 48.6. The molecule has 1 aliphatic heterocycles. The van der Waals surface area contributed by atoms with Gasteiger partial charge in [0, 0.05) is 13.0 Å². The number of nitrogens with zero attached hydrogens (tertiary/aromatic N) is 1. The van der Waals surface area contributed by atoms with Crippen LogP contribution in [0.5, 0.6) is 0 Å². The van der Waals surface area contributed by atoms with E-state index in [1.54, 1.807) is 0 Å². The van der Waals surface area contributed by atoms with Crippen LogP contribution >= 0.6 is 0 Å². The van der Waals surface area contributed by atoms with Crippen LogP contribution in [0, 0.1) is 11.8 Å². The minimum atomic E-state index is 0.455. The van der Waals surface area contributed by atoms with Gasteiger partial charge in [0.15, 0.2) is 0 Å². The predicted octanol–water partition coefficient (Wildman–Crippen LogP) is 2.59. The fourth-order valence-electron chi connectivity index (χ4n) is 4.24. The average Bonchev–Trinajstić information content (AvgIpc) is 2.59. The minimum Gasteiger partial charge on any atom is -0.298 e. The van der Waals surface area contributed by atoms with Crippen LogP contribution in [-0.4, -0.2) is 24.3 Å². The fourth-order valence-corrected chi connectivity index (χ4v) is 4.24. The average molecular weight is 195 g/mol. The molecule has 0 N–H and O–H groups in total. The summed E-state index contributed by atoms with van der Waals surface area (Å²) in [7, 11) is 2.17. The van der Waals surface area contributed by atoms with Gasteiger partial charge in [0.1, 0.15) is 0 Å². The summed E-state index contributed by atoms with van der Waals surface area (Å²) >= 11 is 0. The first kappa shape index (κ1) is 9.17. The predicted molar refractivity (Wildman–Crippen MR) is 55.7 cm³/mol. The summed E-state index contributed by atoms with van der Waals surface area (Å²) in [6.07, 6.45) is 10.0. The van der Waals surface area contributed by atoms with Crippen molar-refractivity contribution in [2.75, 3.05) is 13.7 Å². The van der Waals surface area contributed by atoms with Crippen molar-refractivity contribution in [3.63, 3.8) is 0 Å². The van der Waals surface area contributed by atoms with Crippen LogP contribution in [0.3, 0.4) is 0 Å². The second-order valence-corrected chi connectivity index (χ2v) is 5.35. The maximum Gasteiger partial charge on any atom is 0.0732 e. The van der Waals surface area contributed by atoms with Crippen LogP contribution in [0.1, 0.15) is 44.9 Å². The zero-order valence-electron chi connectivity index (χ0n) is 9.17. The lowest BCUT2D eigenvalue weighted by atomic mass is 9.78. The summed E-state index contributed by atoms with van der Waals surface area (Å²) < 4.78 is 0. The van der Waals surface area contributed by atoms with Crippen LogP contribution in [0.4, 0.5) is 0 Å². The maximum atomic E-state index is 5.77. The van der Waals surface area contributed by atoms with Crippen LogP contribution in [0.2, 0.25) is 0 Å². The van der Waals surface area contributed by atoms with Gasteiger partial charge in [0.25, 0.3) is 0 Å². The molecule has 3 aliphatic rings. The number of hydroxylamine groups is 2. The fraction of sp³-hybridized carbons (Fsp3) is 1.00. The molecule has 2 nitrogen and oxygen atoms in total. The molecule has 1 saturated heterocycles. The first-order valence-corrected chi connectivity index (χ1v) is 6.21.